The summed E-state index contributed by atoms with van der Waals surface area (Å²) in [6.07, 6.45) is 0.590. The summed E-state index contributed by atoms with van der Waals surface area (Å²) in [5, 5.41) is 7.55. The van der Waals surface area contributed by atoms with Gasteiger partial charge in [-0.2, -0.15) is 5.10 Å². The second-order valence-electron chi connectivity index (χ2n) is 9.17. The number of nitrogens with one attached hydrogen (secondary N) is 1. The number of hydrogen-bond acceptors (Lipinski definition) is 4. The van der Waals surface area contributed by atoms with Gasteiger partial charge in [0.1, 0.15) is 0 Å². The molecule has 3 aromatic rings. The van der Waals surface area contributed by atoms with Crippen LogP contribution in [0.4, 0.5) is 10.5 Å². The zero-order valence-electron chi connectivity index (χ0n) is 19.6. The van der Waals surface area contributed by atoms with Crippen molar-refractivity contribution in [2.75, 3.05) is 18.5 Å². The van der Waals surface area contributed by atoms with Gasteiger partial charge >= 0.3 is 12.0 Å². The quantitative estimate of drug-likeness (QED) is 0.576. The van der Waals surface area contributed by atoms with Crippen LogP contribution in [0.2, 0.25) is 0 Å². The van der Waals surface area contributed by atoms with Crippen molar-refractivity contribution in [3.8, 4) is 5.69 Å². The standard InChI is InChI=1S/C26H30N4O3/c1-5-33-24(31)23-21-17-29(16-15-22(21)30(28-23)20-9-7-6-8-10-20)25(32)27-19-13-11-18(12-14-19)26(2,3)4/h6-14H,5,15-17H2,1-4H3,(H,27,32). The van der Waals surface area contributed by atoms with Crippen molar-refractivity contribution in [2.24, 2.45) is 0 Å². The molecule has 0 unspecified atom stereocenters. The van der Waals surface area contributed by atoms with Gasteiger partial charge in [0, 0.05) is 24.2 Å². The predicted octanol–water partition coefficient (Wildman–Crippen LogP) is 4.94. The molecule has 2 heterocycles. The lowest BCUT2D eigenvalue weighted by Gasteiger charge is -2.28. The van der Waals surface area contributed by atoms with Crippen molar-refractivity contribution in [2.45, 2.75) is 46.1 Å². The third-order valence-electron chi connectivity index (χ3n) is 5.82. The van der Waals surface area contributed by atoms with Gasteiger partial charge in [-0.15, -0.1) is 0 Å². The highest BCUT2D eigenvalue weighted by molar-refractivity contribution is 5.91. The van der Waals surface area contributed by atoms with E-state index in [1.165, 1.54) is 5.56 Å². The van der Waals surface area contributed by atoms with E-state index in [1.807, 2.05) is 54.6 Å². The van der Waals surface area contributed by atoms with E-state index in [9.17, 15) is 9.59 Å². The van der Waals surface area contributed by atoms with E-state index >= 15 is 0 Å². The number of benzene rings is 2. The molecule has 2 amide bonds. The highest BCUT2D eigenvalue weighted by Crippen LogP contribution is 2.27. The number of ether oxygens (including phenoxy) is 1. The lowest BCUT2D eigenvalue weighted by atomic mass is 9.87. The van der Waals surface area contributed by atoms with Crippen LogP contribution in [0.15, 0.2) is 54.6 Å². The number of carbonyl (C=O) groups is 2. The summed E-state index contributed by atoms with van der Waals surface area (Å²) >= 11 is 0. The van der Waals surface area contributed by atoms with Crippen LogP contribution in [-0.2, 0) is 23.1 Å². The van der Waals surface area contributed by atoms with E-state index < -0.39 is 5.97 Å². The largest absolute Gasteiger partial charge is 0.461 e. The second kappa shape index (κ2) is 9.10. The van der Waals surface area contributed by atoms with Gasteiger partial charge in [0.15, 0.2) is 5.69 Å². The molecule has 7 nitrogen and oxygen atoms in total. The average molecular weight is 447 g/mol. The van der Waals surface area contributed by atoms with Crippen LogP contribution in [0.3, 0.4) is 0 Å². The zero-order chi connectivity index (χ0) is 23.6. The van der Waals surface area contributed by atoms with Crippen molar-refractivity contribution in [1.29, 1.82) is 0 Å². The Balaban J connectivity index is 1.57. The van der Waals surface area contributed by atoms with E-state index in [2.05, 4.69) is 31.2 Å². The number of rotatable bonds is 4. The molecule has 1 aromatic heterocycles. The van der Waals surface area contributed by atoms with Gasteiger partial charge in [0.25, 0.3) is 0 Å². The number of esters is 1. The number of hydrogen-bond donors (Lipinski definition) is 1. The molecule has 2 aromatic carbocycles. The summed E-state index contributed by atoms with van der Waals surface area (Å²) in [5.74, 6) is -0.469. The van der Waals surface area contributed by atoms with Crippen molar-refractivity contribution in [3.63, 3.8) is 0 Å². The number of anilines is 1. The van der Waals surface area contributed by atoms with Gasteiger partial charge < -0.3 is 15.0 Å². The van der Waals surface area contributed by atoms with E-state index in [4.69, 9.17) is 4.74 Å². The molecule has 7 heteroatoms. The van der Waals surface area contributed by atoms with Crippen LogP contribution >= 0.6 is 0 Å². The first-order valence-corrected chi connectivity index (χ1v) is 11.3. The molecule has 0 aliphatic carbocycles. The number of nitrogens with zero attached hydrogens (tertiary/aromatic N) is 3. The Bertz CT molecular complexity index is 1140. The van der Waals surface area contributed by atoms with Crippen LogP contribution in [-0.4, -0.2) is 39.8 Å². The van der Waals surface area contributed by atoms with Gasteiger partial charge in [0.05, 0.1) is 24.5 Å². The molecule has 172 valence electrons. The molecule has 1 N–H and O–H groups in total. The fourth-order valence-electron chi connectivity index (χ4n) is 3.99. The first kappa shape index (κ1) is 22.6. The van der Waals surface area contributed by atoms with Crippen LogP contribution in [0, 0.1) is 0 Å². The molecule has 4 rings (SSSR count). The minimum atomic E-state index is -0.469. The van der Waals surface area contributed by atoms with Gasteiger partial charge in [0.2, 0.25) is 0 Å². The highest BCUT2D eigenvalue weighted by Gasteiger charge is 2.31. The molecule has 0 radical (unpaired) electrons. The number of urea groups is 1. The third kappa shape index (κ3) is 4.77. The molecular weight excluding hydrogens is 416 g/mol. The number of carbonyl (C=O) groups excluding carboxylic acids is 2. The summed E-state index contributed by atoms with van der Waals surface area (Å²) in [6, 6.07) is 17.4. The fraction of sp³-hybridized carbons (Fsp3) is 0.346. The van der Waals surface area contributed by atoms with Crippen LogP contribution in [0.5, 0.6) is 0 Å². The van der Waals surface area contributed by atoms with Crippen LogP contribution in [0.25, 0.3) is 5.69 Å². The second-order valence-corrected chi connectivity index (χ2v) is 9.17. The molecule has 33 heavy (non-hydrogen) atoms. The normalized spacial score (nSPS) is 13.4. The van der Waals surface area contributed by atoms with Crippen LogP contribution in [0.1, 0.15) is 55.0 Å². The van der Waals surface area contributed by atoms with E-state index in [1.54, 1.807) is 16.5 Å². The number of aromatic nitrogens is 2. The van der Waals surface area contributed by atoms with Gasteiger partial charge in [-0.1, -0.05) is 51.1 Å². The first-order valence-electron chi connectivity index (χ1n) is 11.3. The molecule has 0 saturated heterocycles. The van der Waals surface area contributed by atoms with Crippen molar-refractivity contribution < 1.29 is 14.3 Å². The van der Waals surface area contributed by atoms with Gasteiger partial charge in [-0.05, 0) is 42.2 Å². The first-order chi connectivity index (χ1) is 15.8. The SMILES string of the molecule is CCOC(=O)c1nn(-c2ccccc2)c2c1CN(C(=O)Nc1ccc(C(C)(C)C)cc1)CC2. The number of para-hydroxylation sites is 1. The Morgan fingerprint density at radius 2 is 1.76 bits per heavy atom. The minimum Gasteiger partial charge on any atom is -0.461 e. The summed E-state index contributed by atoms with van der Waals surface area (Å²) in [6.45, 7) is 9.32. The van der Waals surface area contributed by atoms with E-state index in [0.717, 1.165) is 22.6 Å². The van der Waals surface area contributed by atoms with E-state index in [-0.39, 0.29) is 23.7 Å². The minimum absolute atomic E-state index is 0.0498. The predicted molar refractivity (Wildman–Crippen MR) is 128 cm³/mol. The average Bonchev–Trinajstić information content (AvgIpc) is 3.18. The number of amides is 2. The Morgan fingerprint density at radius 1 is 1.06 bits per heavy atom. The Hall–Kier alpha value is -3.61. The monoisotopic (exact) mass is 446 g/mol. The summed E-state index contributed by atoms with van der Waals surface area (Å²) < 4.78 is 7.03. The smallest absolute Gasteiger partial charge is 0.359 e. The van der Waals surface area contributed by atoms with Crippen molar-refractivity contribution in [1.82, 2.24) is 14.7 Å². The molecule has 1 aliphatic heterocycles. The maximum atomic E-state index is 13.0. The van der Waals surface area contributed by atoms with Gasteiger partial charge in [-0.3, -0.25) is 0 Å². The Kier molecular flexibility index (Phi) is 6.22. The molecular formula is C26H30N4O3. The highest BCUT2D eigenvalue weighted by atomic mass is 16.5. The maximum absolute atomic E-state index is 13.0. The lowest BCUT2D eigenvalue weighted by Crippen LogP contribution is -2.39. The Labute approximate surface area is 194 Å². The summed E-state index contributed by atoms with van der Waals surface area (Å²) in [4.78, 5) is 27.3. The zero-order valence-corrected chi connectivity index (χ0v) is 19.6. The molecule has 0 saturated carbocycles. The summed E-state index contributed by atoms with van der Waals surface area (Å²) in [7, 11) is 0. The fourth-order valence-corrected chi connectivity index (χ4v) is 3.99. The third-order valence-corrected chi connectivity index (χ3v) is 5.82. The Morgan fingerprint density at radius 3 is 2.39 bits per heavy atom. The molecule has 0 atom stereocenters. The molecule has 0 bridgehead atoms. The molecule has 0 fully saturated rings. The number of fused-ring (bicyclic) bond motifs is 1. The molecule has 0 spiro atoms. The molecule has 1 aliphatic rings. The van der Waals surface area contributed by atoms with Crippen molar-refractivity contribution >= 4 is 17.7 Å². The topological polar surface area (TPSA) is 76.5 Å². The summed E-state index contributed by atoms with van der Waals surface area (Å²) in [5.41, 5.74) is 4.81. The van der Waals surface area contributed by atoms with Crippen LogP contribution < -0.4 is 5.32 Å². The van der Waals surface area contributed by atoms with Gasteiger partial charge in [-0.25, -0.2) is 14.3 Å². The van der Waals surface area contributed by atoms with Crippen molar-refractivity contribution in [3.05, 3.63) is 77.1 Å². The maximum Gasteiger partial charge on any atom is 0.359 e. The van der Waals surface area contributed by atoms with E-state index in [0.29, 0.717) is 19.5 Å². The lowest BCUT2D eigenvalue weighted by molar-refractivity contribution is 0.0516.